The van der Waals surface area contributed by atoms with Crippen LogP contribution in [0.3, 0.4) is 0 Å². The van der Waals surface area contributed by atoms with Crippen LogP contribution in [-0.4, -0.2) is 74.8 Å². The number of hydrogen-bond donors (Lipinski definition) is 2. The normalized spacial score (nSPS) is 46.2. The lowest BCUT2D eigenvalue weighted by molar-refractivity contribution is -0.164. The largest absolute Gasteiger partial charge is 0.387 e. The van der Waals surface area contributed by atoms with Crippen molar-refractivity contribution in [1.29, 1.82) is 0 Å². The SMILES string of the molecule is COC[C@@]1(O)CC[C@@]2(C)[C@@H](CC[C@@H]3[C@@H]2CC[C@]2(C)[C@@H](C(=O)Cn4cc(C)cn4)CC[C@@H]32)C1.COC[C@@]1(O)CC[C@@]2(C)[C@@H](CC[C@@H]3[C@@H]2CC[C@]2(C)[C@@H](C(=O)Cn4cccc4)CC[C@@H]32)C1. The lowest BCUT2D eigenvalue weighted by atomic mass is 9.44. The molecule has 0 saturated heterocycles. The fourth-order valence-electron chi connectivity index (χ4n) is 18.1. The number of nitrogens with zero attached hydrogens (tertiary/aromatic N) is 3. The first-order valence-electron chi connectivity index (χ1n) is 25.6. The molecule has 350 valence electrons. The molecule has 8 aliphatic rings. The zero-order chi connectivity index (χ0) is 44.6. The van der Waals surface area contributed by atoms with Gasteiger partial charge in [0.15, 0.2) is 11.6 Å². The maximum atomic E-state index is 13.4. The van der Waals surface area contributed by atoms with Crippen LogP contribution in [-0.2, 0) is 32.2 Å². The van der Waals surface area contributed by atoms with Gasteiger partial charge in [-0.3, -0.25) is 14.3 Å². The second kappa shape index (κ2) is 17.1. The van der Waals surface area contributed by atoms with E-state index in [0.717, 1.165) is 80.6 Å². The van der Waals surface area contributed by atoms with Crippen LogP contribution in [0.25, 0.3) is 0 Å². The third-order valence-electron chi connectivity index (χ3n) is 21.3. The van der Waals surface area contributed by atoms with E-state index in [9.17, 15) is 19.8 Å². The third kappa shape index (κ3) is 7.98. The Bertz CT molecular complexity index is 1950. The fraction of sp³-hybridized carbons (Fsp3) is 0.833. The molecule has 2 aromatic rings. The molecule has 9 heteroatoms. The topological polar surface area (TPSA) is 116 Å². The van der Waals surface area contributed by atoms with Gasteiger partial charge in [-0.25, -0.2) is 0 Å². The number of aryl methyl sites for hydroxylation is 1. The maximum Gasteiger partial charge on any atom is 0.157 e. The van der Waals surface area contributed by atoms with Crippen LogP contribution in [0.4, 0.5) is 0 Å². The first-order chi connectivity index (χ1) is 30.0. The highest BCUT2D eigenvalue weighted by atomic mass is 16.5. The molecule has 0 aliphatic heterocycles. The van der Waals surface area contributed by atoms with Crippen LogP contribution in [0.5, 0.6) is 0 Å². The number of Topliss-reactive ketones (excluding diaryl/α,β-unsaturated/α-hetero) is 2. The zero-order valence-corrected chi connectivity index (χ0v) is 40.2. The number of methoxy groups -OCH3 is 2. The highest BCUT2D eigenvalue weighted by molar-refractivity contribution is 5.82. The molecule has 2 N–H and O–H groups in total. The van der Waals surface area contributed by atoms with E-state index in [-0.39, 0.29) is 22.7 Å². The van der Waals surface area contributed by atoms with Crippen LogP contribution < -0.4 is 0 Å². The number of ketones is 2. The number of carbonyl (C=O) groups excluding carboxylic acids is 2. The Morgan fingerprint density at radius 2 is 1.08 bits per heavy atom. The molecule has 9 nitrogen and oxygen atoms in total. The summed E-state index contributed by atoms with van der Waals surface area (Å²) in [4.78, 5) is 26.7. The van der Waals surface area contributed by atoms with Crippen molar-refractivity contribution in [3.8, 4) is 0 Å². The molecule has 2 heterocycles. The summed E-state index contributed by atoms with van der Waals surface area (Å²) in [5.41, 5.74) is 0.859. The third-order valence-corrected chi connectivity index (χ3v) is 21.3. The van der Waals surface area contributed by atoms with Crippen molar-refractivity contribution in [2.75, 3.05) is 27.4 Å². The van der Waals surface area contributed by atoms with E-state index in [1.54, 1.807) is 14.2 Å². The van der Waals surface area contributed by atoms with Crippen molar-refractivity contribution in [2.45, 2.75) is 174 Å². The second-order valence-electron chi connectivity index (χ2n) is 24.4. The standard InChI is InChI=1S/C27H42N2O3.C27H41NO3/c1-18-14-28-29(15-18)16-24(30)23-8-7-21-20-6-5-19-13-27(31,17-32-4)12-11-25(19,2)22(20)9-10-26(21,23)3;1-25-12-13-27(30,18-31-3)16-19(25)6-7-20-21-8-9-23(26(21,2)11-10-22(20)25)24(29)17-28-14-4-5-15-28/h14-15,19-23,31H,5-13,16-17H2,1-4H3;4-5,14-15,19-23,30H,6-13,16-18H2,1-3H3/t2*19-,20-,21-,22-,23+,25-,26-,27+/m00/s1. The Hall–Kier alpha value is -2.33. The van der Waals surface area contributed by atoms with Gasteiger partial charge in [-0.1, -0.05) is 27.7 Å². The summed E-state index contributed by atoms with van der Waals surface area (Å²) in [6.45, 7) is 13.9. The van der Waals surface area contributed by atoms with Crippen LogP contribution in [0.1, 0.15) is 149 Å². The van der Waals surface area contributed by atoms with Gasteiger partial charge in [0.05, 0.1) is 43.7 Å². The second-order valence-corrected chi connectivity index (χ2v) is 24.4. The van der Waals surface area contributed by atoms with E-state index in [0.29, 0.717) is 72.4 Å². The van der Waals surface area contributed by atoms with Gasteiger partial charge in [-0.15, -0.1) is 0 Å². The van der Waals surface area contributed by atoms with Gasteiger partial charge >= 0.3 is 0 Å². The quantitative estimate of drug-likeness (QED) is 0.244. The number of aliphatic hydroxyl groups is 2. The van der Waals surface area contributed by atoms with Gasteiger partial charge in [0.1, 0.15) is 0 Å². The smallest absolute Gasteiger partial charge is 0.157 e. The molecule has 0 aromatic carbocycles. The molecular formula is C54H83N3O6. The predicted molar refractivity (Wildman–Crippen MR) is 245 cm³/mol. The van der Waals surface area contributed by atoms with Crippen molar-refractivity contribution in [3.63, 3.8) is 0 Å². The molecule has 8 aliphatic carbocycles. The molecule has 8 fully saturated rings. The Morgan fingerprint density at radius 3 is 1.52 bits per heavy atom. The highest BCUT2D eigenvalue weighted by Crippen LogP contribution is 2.70. The number of hydrogen-bond acceptors (Lipinski definition) is 7. The minimum absolute atomic E-state index is 0.148. The molecule has 16 atom stereocenters. The van der Waals surface area contributed by atoms with Gasteiger partial charge in [0.25, 0.3) is 0 Å². The average Bonchev–Trinajstić information content (AvgIpc) is 4.05. The predicted octanol–water partition coefficient (Wildman–Crippen LogP) is 9.89. The molecule has 63 heavy (non-hydrogen) atoms. The Labute approximate surface area is 379 Å². The summed E-state index contributed by atoms with van der Waals surface area (Å²) < 4.78 is 14.6. The van der Waals surface area contributed by atoms with Crippen molar-refractivity contribution >= 4 is 11.6 Å². The van der Waals surface area contributed by atoms with Crippen LogP contribution in [0, 0.1) is 87.8 Å². The van der Waals surface area contributed by atoms with Gasteiger partial charge < -0.3 is 24.3 Å². The molecule has 0 spiro atoms. The number of rotatable bonds is 10. The number of fused-ring (bicyclic) bond motifs is 10. The van der Waals surface area contributed by atoms with Crippen molar-refractivity contribution in [3.05, 3.63) is 42.5 Å². The summed E-state index contributed by atoms with van der Waals surface area (Å²) >= 11 is 0. The Balaban J connectivity index is 0.000000160. The van der Waals surface area contributed by atoms with E-state index >= 15 is 0 Å². The maximum absolute atomic E-state index is 13.4. The van der Waals surface area contributed by atoms with Gasteiger partial charge in [0, 0.05) is 44.6 Å². The number of ether oxygens (including phenoxy) is 2. The first-order valence-corrected chi connectivity index (χ1v) is 25.6. The van der Waals surface area contributed by atoms with E-state index in [1.165, 1.54) is 64.2 Å². The average molecular weight is 870 g/mol. The minimum atomic E-state index is -0.634. The molecular weight excluding hydrogens is 787 g/mol. The van der Waals surface area contributed by atoms with Gasteiger partial charge in [-0.2, -0.15) is 5.10 Å². The first kappa shape index (κ1) is 45.8. The molecule has 0 bridgehead atoms. The van der Waals surface area contributed by atoms with Gasteiger partial charge in [0.2, 0.25) is 0 Å². The summed E-state index contributed by atoms with van der Waals surface area (Å²) in [6, 6.07) is 4.02. The summed E-state index contributed by atoms with van der Waals surface area (Å²) in [7, 11) is 3.41. The van der Waals surface area contributed by atoms with Gasteiger partial charge in [-0.05, 0) is 209 Å². The molecule has 0 amide bonds. The van der Waals surface area contributed by atoms with E-state index in [4.69, 9.17) is 9.47 Å². The van der Waals surface area contributed by atoms with E-state index in [1.807, 2.05) is 53.1 Å². The molecule has 0 radical (unpaired) electrons. The molecule has 2 aromatic heterocycles. The monoisotopic (exact) mass is 870 g/mol. The molecule has 0 unspecified atom stereocenters. The van der Waals surface area contributed by atoms with E-state index < -0.39 is 11.2 Å². The van der Waals surface area contributed by atoms with Crippen molar-refractivity contribution < 1.29 is 29.3 Å². The lowest BCUT2D eigenvalue weighted by Crippen LogP contribution is -2.56. The highest BCUT2D eigenvalue weighted by Gasteiger charge is 2.64. The van der Waals surface area contributed by atoms with Crippen molar-refractivity contribution in [2.24, 2.45) is 80.8 Å². The Kier molecular flexibility index (Phi) is 12.4. The van der Waals surface area contributed by atoms with Crippen molar-refractivity contribution in [1.82, 2.24) is 14.3 Å². The summed E-state index contributed by atoms with van der Waals surface area (Å²) in [6.07, 6.45) is 28.1. The molecule has 8 saturated carbocycles. The van der Waals surface area contributed by atoms with Crippen LogP contribution >= 0.6 is 0 Å². The van der Waals surface area contributed by atoms with Crippen LogP contribution in [0.15, 0.2) is 36.9 Å². The molecule has 10 rings (SSSR count). The number of aromatic nitrogens is 3. The Morgan fingerprint density at radius 1 is 0.619 bits per heavy atom. The zero-order valence-electron chi connectivity index (χ0n) is 40.2. The van der Waals surface area contributed by atoms with E-state index in [2.05, 4.69) is 32.8 Å². The summed E-state index contributed by atoms with van der Waals surface area (Å²) in [5, 5.41) is 26.5. The number of carbonyl (C=O) groups is 2. The minimum Gasteiger partial charge on any atom is -0.387 e. The lowest BCUT2D eigenvalue weighted by Gasteiger charge is -2.62. The van der Waals surface area contributed by atoms with Crippen LogP contribution in [0.2, 0.25) is 0 Å². The summed E-state index contributed by atoms with van der Waals surface area (Å²) in [5.74, 6) is 6.83. The fourth-order valence-corrected chi connectivity index (χ4v) is 18.1.